The maximum Gasteiger partial charge on any atom is 0.336 e. The van der Waals surface area contributed by atoms with Crippen molar-refractivity contribution < 1.29 is 24.5 Å². The highest BCUT2D eigenvalue weighted by Gasteiger charge is 2.33. The molecule has 0 heterocycles. The zero-order valence-electron chi connectivity index (χ0n) is 11.9. The maximum absolute atomic E-state index is 11.5. The van der Waals surface area contributed by atoms with E-state index in [9.17, 15) is 19.8 Å². The Bertz CT molecular complexity index is 469. The molecule has 0 unspecified atom stereocenters. The zero-order chi connectivity index (χ0) is 15.4. The zero-order valence-corrected chi connectivity index (χ0v) is 11.9. The second kappa shape index (κ2) is 6.70. The SMILES string of the molecule is CO[C]1[CH][CH][C](/C(C)=C(/C(=O)O)C(C(=O)O)=C(C)C)[CH]1. The van der Waals surface area contributed by atoms with Gasteiger partial charge in [0.1, 0.15) is 6.10 Å². The number of aliphatic carboxylic acids is 2. The van der Waals surface area contributed by atoms with Gasteiger partial charge in [-0.3, -0.25) is 0 Å². The van der Waals surface area contributed by atoms with Crippen LogP contribution in [0.3, 0.4) is 0 Å². The van der Waals surface area contributed by atoms with E-state index in [2.05, 4.69) is 0 Å². The van der Waals surface area contributed by atoms with Crippen molar-refractivity contribution in [3.05, 3.63) is 53.6 Å². The standard InChI is InChI=1S/C15H17O5/c1-8(2)12(14(16)17)13(15(18)19)9(3)10-5-6-11(7-10)20-4/h5-7H,1-4H3,(H,16,17)(H,18,19)/b13-9+. The third kappa shape index (κ3) is 3.48. The van der Waals surface area contributed by atoms with Crippen molar-refractivity contribution in [1.29, 1.82) is 0 Å². The van der Waals surface area contributed by atoms with Gasteiger partial charge in [0.2, 0.25) is 0 Å². The molecule has 0 atom stereocenters. The number of carbonyl (C=O) groups is 2. The first kappa shape index (κ1) is 16.4. The van der Waals surface area contributed by atoms with Crippen LogP contribution in [0.15, 0.2) is 22.3 Å². The lowest BCUT2D eigenvalue weighted by Gasteiger charge is -2.15. The van der Waals surface area contributed by atoms with Crippen molar-refractivity contribution in [3.63, 3.8) is 0 Å². The number of methoxy groups -OCH3 is 1. The first-order valence-electron chi connectivity index (χ1n) is 5.96. The fourth-order valence-corrected chi connectivity index (χ4v) is 1.95. The highest BCUT2D eigenvalue weighted by molar-refractivity contribution is 6.07. The summed E-state index contributed by atoms with van der Waals surface area (Å²) in [6, 6.07) is 0. The summed E-state index contributed by atoms with van der Waals surface area (Å²) < 4.78 is 5.04. The number of rotatable bonds is 5. The summed E-state index contributed by atoms with van der Waals surface area (Å²) in [5, 5.41) is 18.6. The molecule has 1 fully saturated rings. The van der Waals surface area contributed by atoms with Crippen LogP contribution < -0.4 is 0 Å². The Kier molecular flexibility index (Phi) is 5.51. The van der Waals surface area contributed by atoms with E-state index in [1.54, 1.807) is 40.0 Å². The summed E-state index contributed by atoms with van der Waals surface area (Å²) in [6.45, 7) is 4.74. The second-order valence-electron chi connectivity index (χ2n) is 4.52. The Morgan fingerprint density at radius 3 is 1.90 bits per heavy atom. The first-order chi connectivity index (χ1) is 9.29. The van der Waals surface area contributed by atoms with Gasteiger partial charge in [0.05, 0.1) is 11.1 Å². The normalized spacial score (nSPS) is 17.8. The highest BCUT2D eigenvalue weighted by Crippen LogP contribution is 2.39. The van der Waals surface area contributed by atoms with Gasteiger partial charge in [-0.25, -0.2) is 9.59 Å². The third-order valence-corrected chi connectivity index (χ3v) is 2.95. The van der Waals surface area contributed by atoms with Crippen molar-refractivity contribution in [2.24, 2.45) is 0 Å². The average Bonchev–Trinajstić information content (AvgIpc) is 2.82. The molecule has 0 aromatic heterocycles. The van der Waals surface area contributed by atoms with Crippen LogP contribution in [0, 0.1) is 31.3 Å². The molecule has 107 valence electrons. The molecule has 0 amide bonds. The number of carboxylic acids is 2. The molecule has 0 saturated heterocycles. The monoisotopic (exact) mass is 277 g/mol. The van der Waals surface area contributed by atoms with Crippen molar-refractivity contribution in [3.8, 4) is 0 Å². The van der Waals surface area contributed by atoms with E-state index in [0.717, 1.165) is 0 Å². The number of ether oxygens (including phenoxy) is 1. The molecule has 2 N–H and O–H groups in total. The lowest BCUT2D eigenvalue weighted by molar-refractivity contribution is -0.136. The van der Waals surface area contributed by atoms with Gasteiger partial charge in [-0.1, -0.05) is 11.1 Å². The molecule has 1 aliphatic rings. The average molecular weight is 277 g/mol. The molecule has 1 rings (SSSR count). The van der Waals surface area contributed by atoms with Gasteiger partial charge < -0.3 is 14.9 Å². The van der Waals surface area contributed by atoms with Crippen LogP contribution in [-0.4, -0.2) is 29.3 Å². The molecule has 5 radical (unpaired) electrons. The number of allylic oxidation sites excluding steroid dienone is 2. The second-order valence-corrected chi connectivity index (χ2v) is 4.52. The lowest BCUT2D eigenvalue weighted by atomic mass is 9.88. The molecule has 1 saturated carbocycles. The van der Waals surface area contributed by atoms with E-state index < -0.39 is 11.9 Å². The van der Waals surface area contributed by atoms with Crippen LogP contribution in [-0.2, 0) is 14.3 Å². The quantitative estimate of drug-likeness (QED) is 0.594. The Hall–Kier alpha value is -1.62. The Morgan fingerprint density at radius 2 is 1.55 bits per heavy atom. The largest absolute Gasteiger partial charge is 0.478 e. The summed E-state index contributed by atoms with van der Waals surface area (Å²) in [7, 11) is 1.51. The van der Waals surface area contributed by atoms with Crippen LogP contribution in [0.25, 0.3) is 0 Å². The van der Waals surface area contributed by atoms with Gasteiger partial charge in [-0.2, -0.15) is 0 Å². The molecule has 5 heteroatoms. The molecular formula is C15H17O5. The molecule has 0 bridgehead atoms. The Labute approximate surface area is 118 Å². The first-order valence-corrected chi connectivity index (χ1v) is 5.96. The highest BCUT2D eigenvalue weighted by atomic mass is 16.5. The van der Waals surface area contributed by atoms with Gasteiger partial charge >= 0.3 is 11.9 Å². The van der Waals surface area contributed by atoms with Gasteiger partial charge in [0, 0.05) is 25.9 Å². The van der Waals surface area contributed by atoms with Crippen molar-refractivity contribution in [1.82, 2.24) is 0 Å². The van der Waals surface area contributed by atoms with Crippen molar-refractivity contribution in [2.45, 2.75) is 20.8 Å². The smallest absolute Gasteiger partial charge is 0.336 e. The minimum Gasteiger partial charge on any atom is -0.478 e. The van der Waals surface area contributed by atoms with Gasteiger partial charge in [-0.05, 0) is 27.2 Å². The van der Waals surface area contributed by atoms with Crippen LogP contribution in [0.2, 0.25) is 0 Å². The number of hydrogen-bond donors (Lipinski definition) is 2. The van der Waals surface area contributed by atoms with E-state index in [4.69, 9.17) is 4.74 Å². The summed E-state index contributed by atoms with van der Waals surface area (Å²) in [5.74, 6) is -1.89. The Morgan fingerprint density at radius 1 is 1.00 bits per heavy atom. The fourth-order valence-electron chi connectivity index (χ4n) is 1.95. The van der Waals surface area contributed by atoms with Crippen LogP contribution in [0.4, 0.5) is 0 Å². The molecule has 0 aromatic carbocycles. The van der Waals surface area contributed by atoms with E-state index >= 15 is 0 Å². The minimum absolute atomic E-state index is 0.185. The van der Waals surface area contributed by atoms with E-state index in [1.807, 2.05) is 0 Å². The topological polar surface area (TPSA) is 83.8 Å². The molecule has 0 aliphatic heterocycles. The summed E-state index contributed by atoms with van der Waals surface area (Å²) in [6.07, 6.45) is 5.66. The van der Waals surface area contributed by atoms with Crippen LogP contribution >= 0.6 is 0 Å². The van der Waals surface area contributed by atoms with Crippen LogP contribution in [0.1, 0.15) is 20.8 Å². The predicted octanol–water partition coefficient (Wildman–Crippen LogP) is 2.19. The lowest BCUT2D eigenvalue weighted by Crippen LogP contribution is -2.16. The van der Waals surface area contributed by atoms with Gasteiger partial charge in [0.15, 0.2) is 0 Å². The van der Waals surface area contributed by atoms with Gasteiger partial charge in [-0.15, -0.1) is 0 Å². The van der Waals surface area contributed by atoms with E-state index in [1.165, 1.54) is 7.11 Å². The fraction of sp³-hybridized carbons (Fsp3) is 0.267. The molecule has 1 aliphatic carbocycles. The van der Waals surface area contributed by atoms with Crippen LogP contribution in [0.5, 0.6) is 0 Å². The molecule has 20 heavy (non-hydrogen) atoms. The van der Waals surface area contributed by atoms with Crippen molar-refractivity contribution >= 4 is 11.9 Å². The maximum atomic E-state index is 11.5. The minimum atomic E-state index is -1.26. The molecule has 0 spiro atoms. The predicted molar refractivity (Wildman–Crippen MR) is 72.7 cm³/mol. The molecule has 5 nitrogen and oxygen atoms in total. The van der Waals surface area contributed by atoms with E-state index in [0.29, 0.717) is 23.2 Å². The third-order valence-electron chi connectivity index (χ3n) is 2.95. The summed E-state index contributed by atoms with van der Waals surface area (Å²) in [4.78, 5) is 22.8. The number of hydrogen-bond acceptors (Lipinski definition) is 3. The molecule has 0 aromatic rings. The van der Waals surface area contributed by atoms with E-state index in [-0.39, 0.29) is 11.1 Å². The Balaban J connectivity index is 3.25. The summed E-state index contributed by atoms with van der Waals surface area (Å²) >= 11 is 0. The van der Waals surface area contributed by atoms with Gasteiger partial charge in [0.25, 0.3) is 0 Å². The summed E-state index contributed by atoms with van der Waals surface area (Å²) in [5.41, 5.74) is 0.438. The molecular weight excluding hydrogens is 260 g/mol. The number of carboxylic acid groups (broad SMARTS) is 2. The van der Waals surface area contributed by atoms with Crippen molar-refractivity contribution in [2.75, 3.05) is 7.11 Å².